The molecule has 27 heavy (non-hydrogen) atoms. The van der Waals surface area contributed by atoms with Crippen molar-refractivity contribution in [3.8, 4) is 11.5 Å². The van der Waals surface area contributed by atoms with Crippen molar-refractivity contribution in [2.24, 2.45) is 5.73 Å². The van der Waals surface area contributed by atoms with Gasteiger partial charge in [0, 0.05) is 16.7 Å². The molecule has 2 aromatic rings. The second kappa shape index (κ2) is 5.66. The van der Waals surface area contributed by atoms with E-state index in [-0.39, 0.29) is 46.4 Å². The Balaban J connectivity index is 1.98. The lowest BCUT2D eigenvalue weighted by Crippen LogP contribution is -2.28. The molecule has 8 heteroatoms. The van der Waals surface area contributed by atoms with E-state index < -0.39 is 35.3 Å². The van der Waals surface area contributed by atoms with Crippen LogP contribution >= 0.6 is 0 Å². The number of fused-ring (bicyclic) bond motifs is 3. The summed E-state index contributed by atoms with van der Waals surface area (Å²) < 4.78 is 5.11. The minimum absolute atomic E-state index is 0.0129. The molecule has 0 aromatic heterocycles. The van der Waals surface area contributed by atoms with Gasteiger partial charge in [-0.3, -0.25) is 19.2 Å². The highest BCUT2D eigenvalue weighted by molar-refractivity contribution is 6.30. The normalized spacial score (nSPS) is 17.6. The third-order valence-electron chi connectivity index (χ3n) is 4.73. The zero-order valence-corrected chi connectivity index (χ0v) is 13.8. The van der Waals surface area contributed by atoms with Gasteiger partial charge in [-0.15, -0.1) is 0 Å². The first kappa shape index (κ1) is 16.8. The first-order valence-corrected chi connectivity index (χ1v) is 8.07. The van der Waals surface area contributed by atoms with Crippen LogP contribution in [0.3, 0.4) is 0 Å². The number of carbonyl (C=O) groups is 4. The number of aromatic hydroxyl groups is 2. The molecule has 0 fully saturated rings. The van der Waals surface area contributed by atoms with Crippen LogP contribution in [0.2, 0.25) is 0 Å². The summed E-state index contributed by atoms with van der Waals surface area (Å²) in [6.45, 7) is 0. The summed E-state index contributed by atoms with van der Waals surface area (Å²) in [6, 6.07) is 5.45. The summed E-state index contributed by atoms with van der Waals surface area (Å²) in [5, 5.41) is 20.8. The number of esters is 1. The van der Waals surface area contributed by atoms with E-state index in [0.717, 1.165) is 0 Å². The minimum Gasteiger partial charge on any atom is -0.507 e. The van der Waals surface area contributed by atoms with Gasteiger partial charge in [0.05, 0.1) is 24.0 Å². The van der Waals surface area contributed by atoms with Gasteiger partial charge in [0.15, 0.2) is 5.78 Å². The molecular formula is C19H13NO7. The summed E-state index contributed by atoms with van der Waals surface area (Å²) >= 11 is 0. The maximum atomic E-state index is 12.9. The molecule has 4 N–H and O–H groups in total. The fourth-order valence-electron chi connectivity index (χ4n) is 3.63. The van der Waals surface area contributed by atoms with Crippen molar-refractivity contribution in [3.05, 3.63) is 57.6 Å². The average Bonchev–Trinajstić information content (AvgIpc) is 2.58. The van der Waals surface area contributed by atoms with Crippen molar-refractivity contribution in [1.82, 2.24) is 0 Å². The summed E-state index contributed by atoms with van der Waals surface area (Å²) in [5.74, 6) is -3.61. The number of rotatable bonds is 2. The number of carbonyl (C=O) groups excluding carboxylic acids is 4. The highest BCUT2D eigenvalue weighted by atomic mass is 16.5. The van der Waals surface area contributed by atoms with E-state index in [1.54, 1.807) is 0 Å². The maximum Gasteiger partial charge on any atom is 0.310 e. The molecule has 1 heterocycles. The van der Waals surface area contributed by atoms with Gasteiger partial charge in [0.2, 0.25) is 11.7 Å². The van der Waals surface area contributed by atoms with Crippen LogP contribution in [0.4, 0.5) is 0 Å². The monoisotopic (exact) mass is 367 g/mol. The van der Waals surface area contributed by atoms with Crippen LogP contribution < -0.4 is 5.73 Å². The number of ether oxygens (including phenoxy) is 1. The zero-order chi connectivity index (χ0) is 19.5. The Labute approximate surface area is 152 Å². The number of cyclic esters (lactones) is 1. The average molecular weight is 367 g/mol. The van der Waals surface area contributed by atoms with Crippen molar-refractivity contribution in [2.45, 2.75) is 18.9 Å². The number of hydrogen-bond donors (Lipinski definition) is 3. The van der Waals surface area contributed by atoms with E-state index in [1.165, 1.54) is 24.3 Å². The van der Waals surface area contributed by atoms with Crippen LogP contribution in [-0.4, -0.2) is 33.7 Å². The van der Waals surface area contributed by atoms with Crippen LogP contribution in [0, 0.1) is 0 Å². The summed E-state index contributed by atoms with van der Waals surface area (Å²) in [6.07, 6.45) is -1.76. The van der Waals surface area contributed by atoms with Gasteiger partial charge in [-0.25, -0.2) is 0 Å². The van der Waals surface area contributed by atoms with Crippen molar-refractivity contribution in [2.75, 3.05) is 0 Å². The molecule has 2 aromatic carbocycles. The van der Waals surface area contributed by atoms with Crippen LogP contribution in [0.1, 0.15) is 55.5 Å². The predicted octanol–water partition coefficient (Wildman–Crippen LogP) is 0.889. The molecule has 1 atom stereocenters. The number of amides is 1. The minimum atomic E-state index is -1.15. The van der Waals surface area contributed by atoms with Gasteiger partial charge in [-0.2, -0.15) is 0 Å². The smallest absolute Gasteiger partial charge is 0.310 e. The molecule has 1 aliphatic heterocycles. The van der Waals surface area contributed by atoms with Gasteiger partial charge >= 0.3 is 5.97 Å². The van der Waals surface area contributed by atoms with Gasteiger partial charge in [-0.05, 0) is 17.7 Å². The van der Waals surface area contributed by atoms with Gasteiger partial charge in [0.1, 0.15) is 17.6 Å². The quantitative estimate of drug-likeness (QED) is 0.570. The Morgan fingerprint density at radius 3 is 2.56 bits per heavy atom. The molecule has 1 amide bonds. The third kappa shape index (κ3) is 2.37. The number of ketones is 2. The summed E-state index contributed by atoms with van der Waals surface area (Å²) in [5.41, 5.74) is 5.00. The molecule has 1 aliphatic carbocycles. The van der Waals surface area contributed by atoms with Crippen molar-refractivity contribution in [1.29, 1.82) is 0 Å². The van der Waals surface area contributed by atoms with E-state index in [2.05, 4.69) is 0 Å². The highest BCUT2D eigenvalue weighted by Crippen LogP contribution is 2.44. The lowest BCUT2D eigenvalue weighted by molar-refractivity contribution is -0.151. The summed E-state index contributed by atoms with van der Waals surface area (Å²) in [7, 11) is 0. The van der Waals surface area contributed by atoms with Crippen LogP contribution in [0.25, 0.3) is 0 Å². The number of hydrogen-bond acceptors (Lipinski definition) is 7. The molecule has 8 nitrogen and oxygen atoms in total. The molecule has 0 radical (unpaired) electrons. The third-order valence-corrected chi connectivity index (χ3v) is 4.73. The predicted molar refractivity (Wildman–Crippen MR) is 89.4 cm³/mol. The van der Waals surface area contributed by atoms with Crippen molar-refractivity contribution < 1.29 is 34.1 Å². The molecular weight excluding hydrogens is 354 g/mol. The Morgan fingerprint density at radius 1 is 1.11 bits per heavy atom. The number of primary amides is 1. The molecule has 0 saturated heterocycles. The Kier molecular flexibility index (Phi) is 3.52. The van der Waals surface area contributed by atoms with Gasteiger partial charge in [-0.1, -0.05) is 12.1 Å². The number of nitrogens with two attached hydrogens (primary N) is 1. The van der Waals surface area contributed by atoms with Crippen molar-refractivity contribution in [3.63, 3.8) is 0 Å². The van der Waals surface area contributed by atoms with Gasteiger partial charge < -0.3 is 20.7 Å². The number of benzene rings is 2. The molecule has 2 aliphatic rings. The second-order valence-electron chi connectivity index (χ2n) is 6.40. The molecule has 0 unspecified atom stereocenters. The van der Waals surface area contributed by atoms with Crippen LogP contribution in [0.5, 0.6) is 11.5 Å². The summed E-state index contributed by atoms with van der Waals surface area (Å²) in [4.78, 5) is 48.9. The topological polar surface area (TPSA) is 144 Å². The highest BCUT2D eigenvalue weighted by Gasteiger charge is 2.39. The molecule has 0 spiro atoms. The van der Waals surface area contributed by atoms with E-state index >= 15 is 0 Å². The molecule has 136 valence electrons. The number of phenolic OH excluding ortho intramolecular Hbond substituents is 2. The van der Waals surface area contributed by atoms with Crippen molar-refractivity contribution >= 4 is 23.4 Å². The molecule has 4 rings (SSSR count). The second-order valence-corrected chi connectivity index (χ2v) is 6.40. The lowest BCUT2D eigenvalue weighted by Gasteiger charge is -2.29. The Morgan fingerprint density at radius 2 is 1.85 bits per heavy atom. The van der Waals surface area contributed by atoms with E-state index in [4.69, 9.17) is 10.5 Å². The lowest BCUT2D eigenvalue weighted by atomic mass is 9.79. The first-order valence-electron chi connectivity index (χ1n) is 8.07. The standard InChI is InChI=1S/C19H13NO7/c20-12(22)6-11-14-7(5-13(23)27-11)4-9-16(18(14)25)19(26)15-8(17(9)24)2-1-3-10(15)21/h1-4,11,21,25H,5-6H2,(H2,20,22)/t11-/m0/s1. The molecule has 0 bridgehead atoms. The van der Waals surface area contributed by atoms with E-state index in [9.17, 15) is 29.4 Å². The van der Waals surface area contributed by atoms with E-state index in [1.807, 2.05) is 0 Å². The van der Waals surface area contributed by atoms with E-state index in [0.29, 0.717) is 5.56 Å². The Bertz CT molecular complexity index is 1070. The van der Waals surface area contributed by atoms with Gasteiger partial charge in [0.25, 0.3) is 0 Å². The van der Waals surface area contributed by atoms with Crippen LogP contribution in [0.15, 0.2) is 24.3 Å². The fraction of sp³-hybridized carbons (Fsp3) is 0.158. The SMILES string of the molecule is NC(=O)C[C@@H]1OC(=O)Cc2cc3c(c(O)c21)C(=O)c1c(O)cccc1C3=O. The largest absolute Gasteiger partial charge is 0.507 e. The number of phenols is 2. The molecule has 0 saturated carbocycles. The van der Waals surface area contributed by atoms with Crippen LogP contribution in [-0.2, 0) is 20.7 Å². The maximum absolute atomic E-state index is 12.9. The zero-order valence-electron chi connectivity index (χ0n) is 13.8. The first-order chi connectivity index (χ1) is 12.8. The fourth-order valence-corrected chi connectivity index (χ4v) is 3.63. The Hall–Kier alpha value is -3.68.